The van der Waals surface area contributed by atoms with E-state index in [0.717, 1.165) is 38.5 Å². The lowest BCUT2D eigenvalue weighted by Crippen LogP contribution is -2.18. The number of carboxylic acids is 1. The molecule has 1 unspecified atom stereocenters. The van der Waals surface area contributed by atoms with E-state index in [0.29, 0.717) is 12.8 Å². The molecule has 0 aromatic heterocycles. The average molecular weight is 635 g/mol. The summed E-state index contributed by atoms with van der Waals surface area (Å²) in [4.78, 5) is 23.1. The molecule has 0 radical (unpaired) electrons. The van der Waals surface area contributed by atoms with Crippen LogP contribution < -0.4 is 0 Å². The van der Waals surface area contributed by atoms with Crippen molar-refractivity contribution in [1.82, 2.24) is 0 Å². The van der Waals surface area contributed by atoms with Crippen LogP contribution in [0.4, 0.5) is 0 Å². The number of rotatable bonds is 37. The molecule has 1 atom stereocenters. The van der Waals surface area contributed by atoms with E-state index < -0.39 is 5.97 Å². The normalized spacial score (nSPS) is 12.2. The summed E-state index contributed by atoms with van der Waals surface area (Å²) in [6, 6.07) is 0. The molecule has 0 heterocycles. The molecule has 1 N–H and O–H groups in total. The van der Waals surface area contributed by atoms with Gasteiger partial charge in [0.25, 0.3) is 0 Å². The maximum Gasteiger partial charge on any atom is 0.306 e. The Labute approximate surface area is 281 Å². The summed E-state index contributed by atoms with van der Waals surface area (Å²) in [5.41, 5.74) is 0. The van der Waals surface area contributed by atoms with Gasteiger partial charge >= 0.3 is 11.9 Å². The van der Waals surface area contributed by atoms with Crippen LogP contribution >= 0.6 is 0 Å². The Bertz CT molecular complexity index is 643. The number of hydrogen-bond donors (Lipinski definition) is 1. The number of aliphatic carboxylic acids is 1. The molecule has 45 heavy (non-hydrogen) atoms. The van der Waals surface area contributed by atoms with Crippen molar-refractivity contribution in [2.24, 2.45) is 0 Å². The van der Waals surface area contributed by atoms with Crippen molar-refractivity contribution in [3.8, 4) is 0 Å². The summed E-state index contributed by atoms with van der Waals surface area (Å²) < 4.78 is 5.98. The number of hydrogen-bond acceptors (Lipinski definition) is 3. The van der Waals surface area contributed by atoms with E-state index in [1.165, 1.54) is 167 Å². The number of ether oxygens (including phenoxy) is 1. The smallest absolute Gasteiger partial charge is 0.306 e. The minimum atomic E-state index is -0.663. The van der Waals surface area contributed by atoms with E-state index in [1.54, 1.807) is 0 Å². The molecule has 0 aliphatic heterocycles. The van der Waals surface area contributed by atoms with Crippen LogP contribution in [0.15, 0.2) is 12.2 Å². The van der Waals surface area contributed by atoms with Crippen LogP contribution in [0.1, 0.15) is 232 Å². The van der Waals surface area contributed by atoms with Crippen molar-refractivity contribution >= 4 is 11.9 Å². The van der Waals surface area contributed by atoms with Crippen LogP contribution in [0.5, 0.6) is 0 Å². The first-order valence-electron chi connectivity index (χ1n) is 20.2. The van der Waals surface area contributed by atoms with Gasteiger partial charge in [-0.25, -0.2) is 0 Å². The molecule has 4 heteroatoms. The van der Waals surface area contributed by atoms with Crippen LogP contribution in [0, 0.1) is 0 Å². The summed E-state index contributed by atoms with van der Waals surface area (Å²) in [7, 11) is 0. The third kappa shape index (κ3) is 37.0. The molecule has 0 aromatic rings. The van der Waals surface area contributed by atoms with E-state index >= 15 is 0 Å². The lowest BCUT2D eigenvalue weighted by atomic mass is 10.0. The van der Waals surface area contributed by atoms with Gasteiger partial charge in [0.15, 0.2) is 0 Å². The molecule has 0 saturated carbocycles. The van der Waals surface area contributed by atoms with Crippen LogP contribution in [0.3, 0.4) is 0 Å². The van der Waals surface area contributed by atoms with E-state index in [2.05, 4.69) is 26.0 Å². The minimum absolute atomic E-state index is 0.0383. The van der Waals surface area contributed by atoms with Gasteiger partial charge in [0.2, 0.25) is 0 Å². The molecule has 0 rings (SSSR count). The zero-order valence-electron chi connectivity index (χ0n) is 30.4. The lowest BCUT2D eigenvalue weighted by molar-refractivity contribution is -0.150. The number of esters is 1. The molecule has 0 bridgehead atoms. The van der Waals surface area contributed by atoms with E-state index in [1.807, 2.05) is 0 Å². The second kappa shape index (κ2) is 37.1. The average Bonchev–Trinajstić information content (AvgIpc) is 3.02. The topological polar surface area (TPSA) is 63.6 Å². The van der Waals surface area contributed by atoms with Crippen LogP contribution in [0.25, 0.3) is 0 Å². The Hall–Kier alpha value is -1.32. The third-order valence-electron chi connectivity index (χ3n) is 9.24. The highest BCUT2D eigenvalue weighted by Gasteiger charge is 2.14. The van der Waals surface area contributed by atoms with E-state index in [9.17, 15) is 9.59 Å². The second-order valence-electron chi connectivity index (χ2n) is 13.8. The van der Waals surface area contributed by atoms with Crippen molar-refractivity contribution in [1.29, 1.82) is 0 Å². The summed E-state index contributed by atoms with van der Waals surface area (Å²) in [6.45, 7) is 4.51. The molecule has 0 amide bonds. The summed E-state index contributed by atoms with van der Waals surface area (Å²) in [6.07, 6.45) is 45.6. The first kappa shape index (κ1) is 43.7. The van der Waals surface area contributed by atoms with Gasteiger partial charge in [-0.3, -0.25) is 9.59 Å². The molecule has 4 nitrogen and oxygen atoms in total. The molecule has 0 fully saturated rings. The molecule has 0 aromatic carbocycles. The fraction of sp³-hybridized carbons (Fsp3) is 0.902. The third-order valence-corrected chi connectivity index (χ3v) is 9.24. The van der Waals surface area contributed by atoms with Crippen LogP contribution in [-0.4, -0.2) is 23.1 Å². The molecular formula is C41H78O4. The van der Waals surface area contributed by atoms with Crippen molar-refractivity contribution < 1.29 is 19.4 Å². The Morgan fingerprint density at radius 2 is 0.800 bits per heavy atom. The Morgan fingerprint density at radius 1 is 0.467 bits per heavy atom. The molecular weight excluding hydrogens is 556 g/mol. The van der Waals surface area contributed by atoms with Crippen molar-refractivity contribution in [3.05, 3.63) is 12.2 Å². The number of unbranched alkanes of at least 4 members (excludes halogenated alkanes) is 26. The number of carbonyl (C=O) groups is 2. The van der Waals surface area contributed by atoms with Crippen LogP contribution in [0.2, 0.25) is 0 Å². The van der Waals surface area contributed by atoms with Gasteiger partial charge in [0, 0.05) is 12.8 Å². The SMILES string of the molecule is CCCCCC/C=C\CCCCCCCCC(=O)OC(CCCCC)CCCCCCCCCCCCCCCCCC(=O)O. The van der Waals surface area contributed by atoms with E-state index in [-0.39, 0.29) is 12.1 Å². The number of allylic oxidation sites excluding steroid dienone is 2. The lowest BCUT2D eigenvalue weighted by Gasteiger charge is -2.18. The zero-order valence-corrected chi connectivity index (χ0v) is 30.4. The van der Waals surface area contributed by atoms with Gasteiger partial charge in [-0.1, -0.05) is 167 Å². The number of carboxylic acid groups (broad SMARTS) is 1. The van der Waals surface area contributed by atoms with Crippen molar-refractivity contribution in [2.75, 3.05) is 0 Å². The first-order valence-corrected chi connectivity index (χ1v) is 20.2. The molecule has 0 aliphatic carbocycles. The highest BCUT2D eigenvalue weighted by molar-refractivity contribution is 5.69. The predicted octanol–water partition coefficient (Wildman–Crippen LogP) is 13.8. The summed E-state index contributed by atoms with van der Waals surface area (Å²) in [5, 5.41) is 8.67. The zero-order chi connectivity index (χ0) is 32.9. The predicted molar refractivity (Wildman–Crippen MR) is 195 cm³/mol. The maximum absolute atomic E-state index is 12.5. The second-order valence-corrected chi connectivity index (χ2v) is 13.8. The van der Waals surface area contributed by atoms with Gasteiger partial charge in [-0.05, 0) is 64.2 Å². The maximum atomic E-state index is 12.5. The number of carbonyl (C=O) groups excluding carboxylic acids is 1. The fourth-order valence-electron chi connectivity index (χ4n) is 6.24. The molecule has 0 saturated heterocycles. The van der Waals surface area contributed by atoms with Gasteiger partial charge in [0.05, 0.1) is 0 Å². The molecule has 0 spiro atoms. The highest BCUT2D eigenvalue weighted by atomic mass is 16.5. The minimum Gasteiger partial charge on any atom is -0.481 e. The van der Waals surface area contributed by atoms with Gasteiger partial charge in [0.1, 0.15) is 6.10 Å². The Morgan fingerprint density at radius 3 is 1.24 bits per heavy atom. The Kier molecular flexibility index (Phi) is 36.1. The fourth-order valence-corrected chi connectivity index (χ4v) is 6.24. The first-order chi connectivity index (χ1) is 22.1. The Balaban J connectivity index is 3.69. The summed E-state index contributed by atoms with van der Waals surface area (Å²) in [5.74, 6) is -0.625. The summed E-state index contributed by atoms with van der Waals surface area (Å²) >= 11 is 0. The molecule has 0 aliphatic rings. The highest BCUT2D eigenvalue weighted by Crippen LogP contribution is 2.18. The largest absolute Gasteiger partial charge is 0.481 e. The van der Waals surface area contributed by atoms with Gasteiger partial charge in [-0.2, -0.15) is 0 Å². The quantitative estimate of drug-likeness (QED) is 0.0419. The van der Waals surface area contributed by atoms with Gasteiger partial charge < -0.3 is 9.84 Å². The van der Waals surface area contributed by atoms with Crippen molar-refractivity contribution in [2.45, 2.75) is 238 Å². The van der Waals surface area contributed by atoms with Crippen LogP contribution in [-0.2, 0) is 14.3 Å². The molecule has 266 valence electrons. The van der Waals surface area contributed by atoms with Gasteiger partial charge in [-0.15, -0.1) is 0 Å². The van der Waals surface area contributed by atoms with Crippen molar-refractivity contribution in [3.63, 3.8) is 0 Å². The van der Waals surface area contributed by atoms with E-state index in [4.69, 9.17) is 9.84 Å². The standard InChI is InChI=1S/C41H78O4/c1-3-5-7-8-9-10-11-12-18-21-24-27-30-34-38-41(44)45-39(35-31-6-4-2)36-32-28-25-22-19-16-14-13-15-17-20-23-26-29-33-37-40(42)43/h10-11,39H,3-9,12-38H2,1-2H3,(H,42,43)/b11-10-. The monoisotopic (exact) mass is 635 g/mol.